The predicted octanol–water partition coefficient (Wildman–Crippen LogP) is 3.29. The van der Waals surface area contributed by atoms with E-state index in [0.29, 0.717) is 12.1 Å². The van der Waals surface area contributed by atoms with Gasteiger partial charge in [0.2, 0.25) is 0 Å². The molecule has 0 aromatic heterocycles. The van der Waals surface area contributed by atoms with Gasteiger partial charge in [-0.1, -0.05) is 29.8 Å². The van der Waals surface area contributed by atoms with E-state index < -0.39 is 0 Å². The number of ether oxygens (including phenoxy) is 1. The molecule has 2 atom stereocenters. The Kier molecular flexibility index (Phi) is 3.85. The number of nitrogens with zero attached hydrogens (tertiary/aromatic N) is 1. The molecular formula is C15H21NO. The highest BCUT2D eigenvalue weighted by Crippen LogP contribution is 2.21. The van der Waals surface area contributed by atoms with Gasteiger partial charge in [-0.2, -0.15) is 0 Å². The Morgan fingerprint density at radius 2 is 2.06 bits per heavy atom. The van der Waals surface area contributed by atoms with Crippen molar-refractivity contribution in [1.82, 2.24) is 4.90 Å². The van der Waals surface area contributed by atoms with Crippen LogP contribution in [0.1, 0.15) is 30.5 Å². The van der Waals surface area contributed by atoms with Crippen molar-refractivity contribution in [2.45, 2.75) is 32.4 Å². The third kappa shape index (κ3) is 3.10. The van der Waals surface area contributed by atoms with Crippen LogP contribution in [-0.4, -0.2) is 24.6 Å². The normalized spacial score (nSPS) is 20.6. The smallest absolute Gasteiger partial charge is 0.114 e. The quantitative estimate of drug-likeness (QED) is 0.788. The molecule has 0 bridgehead atoms. The van der Waals surface area contributed by atoms with Gasteiger partial charge < -0.3 is 4.74 Å². The molecule has 0 fully saturated rings. The first kappa shape index (κ1) is 12.2. The fraction of sp³-hybridized carbons (Fsp3) is 0.467. The number of likely N-dealkylation sites (N-methyl/N-ethyl adjacent to an activating group) is 1. The van der Waals surface area contributed by atoms with Crippen LogP contribution in [0.2, 0.25) is 0 Å². The molecule has 1 aromatic carbocycles. The highest BCUT2D eigenvalue weighted by molar-refractivity contribution is 5.23. The summed E-state index contributed by atoms with van der Waals surface area (Å²) in [6.07, 6.45) is 5.27. The van der Waals surface area contributed by atoms with E-state index in [9.17, 15) is 0 Å². The lowest BCUT2D eigenvalue weighted by atomic mass is 10.1. The molecule has 17 heavy (non-hydrogen) atoms. The van der Waals surface area contributed by atoms with Crippen LogP contribution in [0.15, 0.2) is 36.6 Å². The second kappa shape index (κ2) is 5.37. The molecule has 2 heteroatoms. The molecule has 0 radical (unpaired) electrons. The van der Waals surface area contributed by atoms with Gasteiger partial charge in [0, 0.05) is 19.0 Å². The Bertz CT molecular complexity index is 374. The van der Waals surface area contributed by atoms with Crippen molar-refractivity contribution in [2.75, 3.05) is 13.6 Å². The standard InChI is InChI=1S/C15H21NO/c1-12-6-8-14(9-7-12)13(2)16(3)11-15-5-4-10-17-15/h4,6-10,13,15H,5,11H2,1-3H3. The second-order valence-electron chi connectivity index (χ2n) is 4.89. The van der Waals surface area contributed by atoms with Crippen LogP contribution in [0.4, 0.5) is 0 Å². The van der Waals surface area contributed by atoms with Crippen LogP contribution in [0.3, 0.4) is 0 Å². The minimum absolute atomic E-state index is 0.327. The molecule has 1 aliphatic heterocycles. The third-order valence-corrected chi connectivity index (χ3v) is 3.48. The van der Waals surface area contributed by atoms with Crippen molar-refractivity contribution in [3.05, 3.63) is 47.7 Å². The molecule has 0 amide bonds. The molecule has 1 heterocycles. The molecule has 0 spiro atoms. The number of rotatable bonds is 4. The maximum Gasteiger partial charge on any atom is 0.114 e. The molecule has 1 aliphatic rings. The molecule has 1 aromatic rings. The van der Waals surface area contributed by atoms with Gasteiger partial charge >= 0.3 is 0 Å². The first-order valence-corrected chi connectivity index (χ1v) is 6.24. The van der Waals surface area contributed by atoms with Crippen LogP contribution in [-0.2, 0) is 4.74 Å². The van der Waals surface area contributed by atoms with Crippen LogP contribution in [0.25, 0.3) is 0 Å². The molecule has 2 rings (SSSR count). The van der Waals surface area contributed by atoms with Crippen molar-refractivity contribution in [2.24, 2.45) is 0 Å². The molecule has 0 saturated carbocycles. The van der Waals surface area contributed by atoms with Crippen molar-refractivity contribution in [3.8, 4) is 0 Å². The molecule has 0 aliphatic carbocycles. The van der Waals surface area contributed by atoms with Gasteiger partial charge in [-0.25, -0.2) is 0 Å². The van der Waals surface area contributed by atoms with E-state index in [1.54, 1.807) is 0 Å². The van der Waals surface area contributed by atoms with E-state index in [1.807, 2.05) is 6.26 Å². The lowest BCUT2D eigenvalue weighted by molar-refractivity contribution is 0.108. The highest BCUT2D eigenvalue weighted by Gasteiger charge is 2.18. The van der Waals surface area contributed by atoms with Crippen molar-refractivity contribution >= 4 is 0 Å². The summed E-state index contributed by atoms with van der Waals surface area (Å²) < 4.78 is 5.51. The summed E-state index contributed by atoms with van der Waals surface area (Å²) in [5, 5.41) is 0. The van der Waals surface area contributed by atoms with Crippen LogP contribution in [0, 0.1) is 6.92 Å². The summed E-state index contributed by atoms with van der Waals surface area (Å²) in [6.45, 7) is 5.34. The maximum atomic E-state index is 5.51. The fourth-order valence-electron chi connectivity index (χ4n) is 2.13. The van der Waals surface area contributed by atoms with Gasteiger partial charge in [-0.15, -0.1) is 0 Å². The van der Waals surface area contributed by atoms with Crippen molar-refractivity contribution in [3.63, 3.8) is 0 Å². The zero-order valence-electron chi connectivity index (χ0n) is 10.9. The number of benzene rings is 1. The van der Waals surface area contributed by atoms with Gasteiger partial charge in [0.15, 0.2) is 0 Å². The summed E-state index contributed by atoms with van der Waals surface area (Å²) in [4.78, 5) is 2.35. The van der Waals surface area contributed by atoms with E-state index in [4.69, 9.17) is 4.74 Å². The maximum absolute atomic E-state index is 5.51. The Morgan fingerprint density at radius 1 is 1.35 bits per heavy atom. The summed E-state index contributed by atoms with van der Waals surface area (Å²) >= 11 is 0. The Labute approximate surface area is 104 Å². The number of aryl methyl sites for hydroxylation is 1. The zero-order valence-corrected chi connectivity index (χ0v) is 10.9. The molecular weight excluding hydrogens is 210 g/mol. The van der Waals surface area contributed by atoms with Gasteiger partial charge in [-0.05, 0) is 32.5 Å². The Hall–Kier alpha value is -1.28. The molecule has 2 nitrogen and oxygen atoms in total. The average molecular weight is 231 g/mol. The summed E-state index contributed by atoms with van der Waals surface area (Å²) in [6, 6.07) is 9.20. The van der Waals surface area contributed by atoms with Crippen LogP contribution < -0.4 is 0 Å². The Morgan fingerprint density at radius 3 is 2.65 bits per heavy atom. The lowest BCUT2D eigenvalue weighted by Gasteiger charge is -2.27. The van der Waals surface area contributed by atoms with Gasteiger partial charge in [0.25, 0.3) is 0 Å². The van der Waals surface area contributed by atoms with E-state index in [-0.39, 0.29) is 0 Å². The Balaban J connectivity index is 1.94. The molecule has 2 unspecified atom stereocenters. The average Bonchev–Trinajstić information content (AvgIpc) is 2.82. The second-order valence-corrected chi connectivity index (χ2v) is 4.89. The first-order valence-electron chi connectivity index (χ1n) is 6.24. The first-order chi connectivity index (χ1) is 8.16. The van der Waals surface area contributed by atoms with Crippen molar-refractivity contribution < 1.29 is 4.74 Å². The minimum atomic E-state index is 0.327. The predicted molar refractivity (Wildman–Crippen MR) is 70.9 cm³/mol. The fourth-order valence-corrected chi connectivity index (χ4v) is 2.13. The van der Waals surface area contributed by atoms with E-state index in [2.05, 4.69) is 56.1 Å². The van der Waals surface area contributed by atoms with Gasteiger partial charge in [-0.3, -0.25) is 4.90 Å². The molecule has 0 N–H and O–H groups in total. The topological polar surface area (TPSA) is 12.5 Å². The molecule has 0 saturated heterocycles. The SMILES string of the molecule is Cc1ccc(C(C)N(C)CC2CC=CO2)cc1. The number of hydrogen-bond donors (Lipinski definition) is 0. The monoisotopic (exact) mass is 231 g/mol. The van der Waals surface area contributed by atoms with Crippen molar-refractivity contribution in [1.29, 1.82) is 0 Å². The van der Waals surface area contributed by atoms with Crippen LogP contribution >= 0.6 is 0 Å². The van der Waals surface area contributed by atoms with Gasteiger partial charge in [0.05, 0.1) is 6.26 Å². The minimum Gasteiger partial charge on any atom is -0.497 e. The van der Waals surface area contributed by atoms with E-state index in [0.717, 1.165) is 13.0 Å². The van der Waals surface area contributed by atoms with E-state index in [1.165, 1.54) is 11.1 Å². The summed E-state index contributed by atoms with van der Waals surface area (Å²) in [7, 11) is 2.16. The lowest BCUT2D eigenvalue weighted by Crippen LogP contribution is -2.31. The third-order valence-electron chi connectivity index (χ3n) is 3.48. The van der Waals surface area contributed by atoms with Gasteiger partial charge in [0.1, 0.15) is 6.10 Å². The summed E-state index contributed by atoms with van der Waals surface area (Å²) in [5.74, 6) is 0. The largest absolute Gasteiger partial charge is 0.497 e. The molecule has 92 valence electrons. The highest BCUT2D eigenvalue weighted by atomic mass is 16.5. The zero-order chi connectivity index (χ0) is 12.3. The van der Waals surface area contributed by atoms with Crippen LogP contribution in [0.5, 0.6) is 0 Å². The number of hydrogen-bond acceptors (Lipinski definition) is 2. The van der Waals surface area contributed by atoms with E-state index >= 15 is 0 Å². The summed E-state index contributed by atoms with van der Waals surface area (Å²) in [5.41, 5.74) is 2.68.